The van der Waals surface area contributed by atoms with Crippen LogP contribution in [0.15, 0.2) is 51.5 Å². The molecule has 106 valence electrons. The standard InChI is InChI=1S/C15H9BrCl2N2O/c16-10-7-8(5-6-12(10)18)14-13(15(19)21-20-14)9-3-1-2-4-11(9)17/h1-7H,19H2. The van der Waals surface area contributed by atoms with E-state index in [1.165, 1.54) is 0 Å². The van der Waals surface area contributed by atoms with Gasteiger partial charge in [0.05, 0.1) is 10.6 Å². The molecule has 0 aliphatic carbocycles. The minimum absolute atomic E-state index is 0.226. The molecule has 1 aromatic heterocycles. The highest BCUT2D eigenvalue weighted by Gasteiger charge is 2.19. The van der Waals surface area contributed by atoms with E-state index in [2.05, 4.69) is 21.1 Å². The second kappa shape index (κ2) is 5.72. The molecule has 0 aliphatic rings. The lowest BCUT2D eigenvalue weighted by Crippen LogP contribution is -1.89. The van der Waals surface area contributed by atoms with Crippen LogP contribution in [-0.2, 0) is 0 Å². The van der Waals surface area contributed by atoms with Gasteiger partial charge >= 0.3 is 0 Å². The highest BCUT2D eigenvalue weighted by Crippen LogP contribution is 2.40. The number of benzene rings is 2. The first-order chi connectivity index (χ1) is 10.1. The summed E-state index contributed by atoms with van der Waals surface area (Å²) in [5.41, 5.74) is 8.83. The van der Waals surface area contributed by atoms with Gasteiger partial charge < -0.3 is 10.3 Å². The Labute approximate surface area is 139 Å². The molecule has 0 spiro atoms. The Balaban J connectivity index is 2.22. The molecule has 0 atom stereocenters. The Morgan fingerprint density at radius 2 is 1.81 bits per heavy atom. The van der Waals surface area contributed by atoms with Crippen LogP contribution < -0.4 is 5.73 Å². The van der Waals surface area contributed by atoms with Gasteiger partial charge in [-0.05, 0) is 34.1 Å². The number of halogens is 3. The molecule has 2 aromatic carbocycles. The molecule has 0 aliphatic heterocycles. The van der Waals surface area contributed by atoms with E-state index in [9.17, 15) is 0 Å². The van der Waals surface area contributed by atoms with Crippen molar-refractivity contribution in [3.63, 3.8) is 0 Å². The zero-order chi connectivity index (χ0) is 15.0. The predicted molar refractivity (Wildman–Crippen MR) is 89.5 cm³/mol. The molecule has 6 heteroatoms. The third-order valence-corrected chi connectivity index (χ3v) is 4.60. The van der Waals surface area contributed by atoms with E-state index in [1.807, 2.05) is 30.3 Å². The summed E-state index contributed by atoms with van der Waals surface area (Å²) in [6.45, 7) is 0. The first-order valence-corrected chi connectivity index (χ1v) is 7.58. The molecule has 2 N–H and O–H groups in total. The smallest absolute Gasteiger partial charge is 0.230 e. The van der Waals surface area contributed by atoms with Crippen molar-refractivity contribution in [2.45, 2.75) is 0 Å². The number of anilines is 1. The van der Waals surface area contributed by atoms with Gasteiger partial charge in [-0.1, -0.05) is 52.6 Å². The number of hydrogen-bond acceptors (Lipinski definition) is 3. The van der Waals surface area contributed by atoms with E-state index in [0.717, 1.165) is 15.6 Å². The van der Waals surface area contributed by atoms with Crippen LogP contribution in [0, 0.1) is 0 Å². The fourth-order valence-corrected chi connectivity index (χ4v) is 2.79. The van der Waals surface area contributed by atoms with Crippen molar-refractivity contribution < 1.29 is 4.52 Å². The molecule has 0 bridgehead atoms. The minimum Gasteiger partial charge on any atom is -0.367 e. The van der Waals surface area contributed by atoms with Crippen LogP contribution in [0.3, 0.4) is 0 Å². The van der Waals surface area contributed by atoms with Crippen LogP contribution in [0.2, 0.25) is 10.0 Å². The molecule has 1 heterocycles. The molecule has 3 nitrogen and oxygen atoms in total. The average Bonchev–Trinajstić information content (AvgIpc) is 2.84. The maximum atomic E-state index is 6.25. The molecule has 0 amide bonds. The molecule has 0 radical (unpaired) electrons. The Kier molecular flexibility index (Phi) is 3.93. The van der Waals surface area contributed by atoms with Gasteiger partial charge in [0.15, 0.2) is 0 Å². The maximum Gasteiger partial charge on any atom is 0.230 e. The highest BCUT2D eigenvalue weighted by molar-refractivity contribution is 9.10. The van der Waals surface area contributed by atoms with Crippen LogP contribution in [0.4, 0.5) is 5.88 Å². The van der Waals surface area contributed by atoms with Crippen LogP contribution in [0.25, 0.3) is 22.4 Å². The fraction of sp³-hybridized carbons (Fsp3) is 0. The lowest BCUT2D eigenvalue weighted by Gasteiger charge is -2.06. The number of nitrogens with zero attached hydrogens (tertiary/aromatic N) is 1. The summed E-state index contributed by atoms with van der Waals surface area (Å²) in [4.78, 5) is 0. The summed E-state index contributed by atoms with van der Waals surface area (Å²) in [6.07, 6.45) is 0. The van der Waals surface area contributed by atoms with E-state index in [1.54, 1.807) is 12.1 Å². The van der Waals surface area contributed by atoms with Gasteiger partial charge in [-0.3, -0.25) is 0 Å². The second-order valence-corrected chi connectivity index (χ2v) is 6.05. The Bertz CT molecular complexity index is 817. The number of aromatic nitrogens is 1. The van der Waals surface area contributed by atoms with E-state index in [4.69, 9.17) is 33.5 Å². The highest BCUT2D eigenvalue weighted by atomic mass is 79.9. The molecule has 3 rings (SSSR count). The molecule has 0 fully saturated rings. The van der Waals surface area contributed by atoms with Gasteiger partial charge in [-0.25, -0.2) is 0 Å². The van der Waals surface area contributed by atoms with Crippen molar-refractivity contribution in [3.05, 3.63) is 57.0 Å². The van der Waals surface area contributed by atoms with E-state index < -0.39 is 0 Å². The first-order valence-electron chi connectivity index (χ1n) is 6.03. The van der Waals surface area contributed by atoms with Crippen molar-refractivity contribution in [1.29, 1.82) is 0 Å². The van der Waals surface area contributed by atoms with E-state index >= 15 is 0 Å². The van der Waals surface area contributed by atoms with Gasteiger partial charge in [-0.2, -0.15) is 0 Å². The molecule has 3 aromatic rings. The second-order valence-electron chi connectivity index (χ2n) is 4.38. The van der Waals surface area contributed by atoms with Crippen LogP contribution in [-0.4, -0.2) is 5.16 Å². The zero-order valence-corrected chi connectivity index (χ0v) is 13.7. The monoisotopic (exact) mass is 382 g/mol. The van der Waals surface area contributed by atoms with E-state index in [0.29, 0.717) is 21.3 Å². The number of nitrogen functional groups attached to an aromatic ring is 1. The normalized spacial score (nSPS) is 10.8. The molecular formula is C15H9BrCl2N2O. The predicted octanol–water partition coefficient (Wildman–Crippen LogP) is 5.66. The number of rotatable bonds is 2. The number of hydrogen-bond donors (Lipinski definition) is 1. The van der Waals surface area contributed by atoms with Gasteiger partial charge in [0.25, 0.3) is 0 Å². The summed E-state index contributed by atoms with van der Waals surface area (Å²) >= 11 is 15.7. The largest absolute Gasteiger partial charge is 0.367 e. The summed E-state index contributed by atoms with van der Waals surface area (Å²) < 4.78 is 5.92. The molecular weight excluding hydrogens is 375 g/mol. The first kappa shape index (κ1) is 14.4. The van der Waals surface area contributed by atoms with Crippen molar-refractivity contribution in [3.8, 4) is 22.4 Å². The van der Waals surface area contributed by atoms with Gasteiger partial charge in [0, 0.05) is 20.6 Å². The van der Waals surface area contributed by atoms with E-state index in [-0.39, 0.29) is 5.88 Å². The van der Waals surface area contributed by atoms with Crippen molar-refractivity contribution in [1.82, 2.24) is 5.16 Å². The lowest BCUT2D eigenvalue weighted by molar-refractivity contribution is 0.439. The van der Waals surface area contributed by atoms with Crippen molar-refractivity contribution in [2.24, 2.45) is 0 Å². The summed E-state index contributed by atoms with van der Waals surface area (Å²) in [6, 6.07) is 12.9. The van der Waals surface area contributed by atoms with Gasteiger partial charge in [0.1, 0.15) is 5.69 Å². The molecule has 0 unspecified atom stereocenters. The van der Waals surface area contributed by atoms with Crippen LogP contribution in [0.5, 0.6) is 0 Å². The third kappa shape index (κ3) is 2.67. The lowest BCUT2D eigenvalue weighted by atomic mass is 10.0. The Morgan fingerprint density at radius 3 is 2.52 bits per heavy atom. The number of nitrogens with two attached hydrogens (primary N) is 1. The molecule has 21 heavy (non-hydrogen) atoms. The topological polar surface area (TPSA) is 52.0 Å². The minimum atomic E-state index is 0.226. The maximum absolute atomic E-state index is 6.25. The Hall–Kier alpha value is -1.49. The van der Waals surface area contributed by atoms with Gasteiger partial charge in [-0.15, -0.1) is 0 Å². The third-order valence-electron chi connectivity index (χ3n) is 3.05. The SMILES string of the molecule is Nc1onc(-c2ccc(Cl)c(Br)c2)c1-c1ccccc1Cl. The fourth-order valence-electron chi connectivity index (χ4n) is 2.07. The summed E-state index contributed by atoms with van der Waals surface area (Å²) in [5.74, 6) is 0.226. The van der Waals surface area contributed by atoms with Crippen LogP contribution in [0.1, 0.15) is 0 Å². The van der Waals surface area contributed by atoms with Gasteiger partial charge in [0.2, 0.25) is 5.88 Å². The average molecular weight is 384 g/mol. The van der Waals surface area contributed by atoms with Crippen molar-refractivity contribution in [2.75, 3.05) is 5.73 Å². The summed E-state index contributed by atoms with van der Waals surface area (Å²) in [5, 5.41) is 5.26. The molecule has 0 saturated heterocycles. The zero-order valence-electron chi connectivity index (χ0n) is 10.6. The van der Waals surface area contributed by atoms with Crippen molar-refractivity contribution >= 4 is 45.0 Å². The Morgan fingerprint density at radius 1 is 1.05 bits per heavy atom. The quantitative estimate of drug-likeness (QED) is 0.621. The van der Waals surface area contributed by atoms with Crippen LogP contribution >= 0.6 is 39.1 Å². The molecule has 0 saturated carbocycles. The summed E-state index contributed by atoms with van der Waals surface area (Å²) in [7, 11) is 0.